The molecule has 5 nitrogen and oxygen atoms in total. The number of rotatable bonds is 6. The number of hydrogen-bond acceptors (Lipinski definition) is 3. The average molecular weight is 289 g/mol. The largest absolute Gasteiger partial charge is 0.394 e. The van der Waals surface area contributed by atoms with E-state index in [9.17, 15) is 4.79 Å². The lowest BCUT2D eigenvalue weighted by atomic mass is 10.2. The molecule has 1 atom stereocenters. The van der Waals surface area contributed by atoms with Crippen molar-refractivity contribution >= 4 is 11.7 Å². The fourth-order valence-electron chi connectivity index (χ4n) is 2.25. The van der Waals surface area contributed by atoms with Crippen molar-refractivity contribution in [2.45, 2.75) is 25.9 Å². The summed E-state index contributed by atoms with van der Waals surface area (Å²) in [6.45, 7) is 4.23. The molecule has 21 heavy (non-hydrogen) atoms. The second-order valence-electron chi connectivity index (χ2n) is 5.16. The summed E-state index contributed by atoms with van der Waals surface area (Å²) in [5.74, 6) is 0. The third-order valence-corrected chi connectivity index (χ3v) is 3.60. The van der Waals surface area contributed by atoms with Gasteiger partial charge in [-0.25, -0.2) is 4.79 Å². The minimum atomic E-state index is -0.246. The molecule has 1 aliphatic heterocycles. The van der Waals surface area contributed by atoms with Gasteiger partial charge in [-0.15, -0.1) is 0 Å². The van der Waals surface area contributed by atoms with Crippen molar-refractivity contribution in [2.75, 3.05) is 24.6 Å². The quantitative estimate of drug-likeness (QED) is 0.698. The minimum Gasteiger partial charge on any atom is -0.394 e. The van der Waals surface area contributed by atoms with E-state index in [-0.39, 0.29) is 18.7 Å². The van der Waals surface area contributed by atoms with E-state index >= 15 is 0 Å². The van der Waals surface area contributed by atoms with E-state index in [2.05, 4.69) is 39.8 Å². The fraction of sp³-hybridized carbons (Fsp3) is 0.438. The van der Waals surface area contributed by atoms with Crippen molar-refractivity contribution in [1.82, 2.24) is 10.6 Å². The van der Waals surface area contributed by atoms with Gasteiger partial charge in [-0.3, -0.25) is 0 Å². The van der Waals surface area contributed by atoms with Gasteiger partial charge in [0.15, 0.2) is 0 Å². The van der Waals surface area contributed by atoms with Crippen LogP contribution in [-0.2, 0) is 6.54 Å². The van der Waals surface area contributed by atoms with Gasteiger partial charge in [-0.1, -0.05) is 31.2 Å². The predicted molar refractivity (Wildman–Crippen MR) is 84.3 cm³/mol. The molecule has 0 aromatic heterocycles. The first-order chi connectivity index (χ1) is 10.2. The zero-order valence-electron chi connectivity index (χ0n) is 12.4. The second kappa shape index (κ2) is 7.69. The van der Waals surface area contributed by atoms with Crippen LogP contribution >= 0.6 is 0 Å². The highest BCUT2D eigenvalue weighted by atomic mass is 16.3. The number of anilines is 1. The molecule has 1 aliphatic rings. The van der Waals surface area contributed by atoms with E-state index < -0.39 is 0 Å². The molecule has 2 amide bonds. The van der Waals surface area contributed by atoms with Crippen LogP contribution in [0.2, 0.25) is 0 Å². The van der Waals surface area contributed by atoms with Crippen LogP contribution in [0.3, 0.4) is 0 Å². The molecule has 0 spiro atoms. The molecular formula is C16H23N3O2. The van der Waals surface area contributed by atoms with Crippen molar-refractivity contribution in [3.63, 3.8) is 0 Å². The Kier molecular flexibility index (Phi) is 5.63. The van der Waals surface area contributed by atoms with Crippen molar-refractivity contribution < 1.29 is 9.90 Å². The Morgan fingerprint density at radius 2 is 2.14 bits per heavy atom. The Hall–Kier alpha value is -2.01. The number of benzene rings is 1. The molecule has 1 aromatic rings. The van der Waals surface area contributed by atoms with Gasteiger partial charge < -0.3 is 20.6 Å². The van der Waals surface area contributed by atoms with Crippen LogP contribution in [0.1, 0.15) is 18.9 Å². The predicted octanol–water partition coefficient (Wildman–Crippen LogP) is 1.63. The molecule has 2 rings (SSSR count). The Bertz CT molecular complexity index is 490. The van der Waals surface area contributed by atoms with Crippen molar-refractivity contribution in [2.24, 2.45) is 0 Å². The van der Waals surface area contributed by atoms with Crippen LogP contribution in [0, 0.1) is 0 Å². The lowest BCUT2D eigenvalue weighted by molar-refractivity contribution is 0.214. The molecule has 1 unspecified atom stereocenters. The van der Waals surface area contributed by atoms with Gasteiger partial charge in [0, 0.05) is 25.3 Å². The van der Waals surface area contributed by atoms with E-state index in [1.54, 1.807) is 0 Å². The highest BCUT2D eigenvalue weighted by Crippen LogP contribution is 2.18. The topological polar surface area (TPSA) is 64.6 Å². The number of carbonyl (C=O) groups is 1. The lowest BCUT2D eigenvalue weighted by Gasteiger charge is -2.19. The van der Waals surface area contributed by atoms with Gasteiger partial charge in [0.1, 0.15) is 0 Å². The summed E-state index contributed by atoms with van der Waals surface area (Å²) in [7, 11) is 0. The molecule has 0 fully saturated rings. The van der Waals surface area contributed by atoms with Crippen LogP contribution in [-0.4, -0.2) is 36.9 Å². The summed E-state index contributed by atoms with van der Waals surface area (Å²) in [5.41, 5.74) is 2.23. The smallest absolute Gasteiger partial charge is 0.315 e. The van der Waals surface area contributed by atoms with Gasteiger partial charge in [-0.05, 0) is 24.1 Å². The molecule has 0 saturated heterocycles. The Morgan fingerprint density at radius 1 is 1.38 bits per heavy atom. The summed E-state index contributed by atoms with van der Waals surface area (Å²) in [5, 5.41) is 14.6. The maximum atomic E-state index is 11.7. The molecule has 0 aliphatic carbocycles. The number of hydrogen-bond donors (Lipinski definition) is 3. The zero-order valence-corrected chi connectivity index (χ0v) is 12.4. The molecule has 0 radical (unpaired) electrons. The Morgan fingerprint density at radius 3 is 2.81 bits per heavy atom. The lowest BCUT2D eigenvalue weighted by Crippen LogP contribution is -2.43. The summed E-state index contributed by atoms with van der Waals surface area (Å²) in [4.78, 5) is 14.0. The summed E-state index contributed by atoms with van der Waals surface area (Å²) in [6, 6.07) is 7.74. The third kappa shape index (κ3) is 4.49. The molecule has 1 aromatic carbocycles. The first-order valence-electron chi connectivity index (χ1n) is 7.37. The first kappa shape index (κ1) is 15.4. The molecule has 1 heterocycles. The molecule has 114 valence electrons. The first-order valence-corrected chi connectivity index (χ1v) is 7.37. The van der Waals surface area contributed by atoms with Gasteiger partial charge in [0.05, 0.1) is 12.6 Å². The Balaban J connectivity index is 1.85. The van der Waals surface area contributed by atoms with Crippen LogP contribution in [0.15, 0.2) is 36.4 Å². The van der Waals surface area contributed by atoms with E-state index in [0.717, 1.165) is 18.7 Å². The number of nitrogens with zero attached hydrogens (tertiary/aromatic N) is 1. The minimum absolute atomic E-state index is 0.0403. The van der Waals surface area contributed by atoms with Crippen molar-refractivity contribution in [3.8, 4) is 0 Å². The average Bonchev–Trinajstić information content (AvgIpc) is 3.05. The van der Waals surface area contributed by atoms with Gasteiger partial charge in [0.25, 0.3) is 0 Å². The fourth-order valence-corrected chi connectivity index (χ4v) is 2.25. The summed E-state index contributed by atoms with van der Waals surface area (Å²) >= 11 is 0. The standard InChI is InChI=1S/C16H23N3O2/c1-2-14(12-20)18-16(21)17-11-13-6-5-7-15(10-13)19-8-3-4-9-19/h3-7,10,14,20H,2,8-9,11-12H2,1H3,(H2,17,18,21). The number of aliphatic hydroxyl groups excluding tert-OH is 1. The highest BCUT2D eigenvalue weighted by molar-refractivity contribution is 5.74. The molecule has 3 N–H and O–H groups in total. The molecule has 0 bridgehead atoms. The summed E-state index contributed by atoms with van der Waals surface area (Å²) < 4.78 is 0. The molecule has 5 heteroatoms. The van der Waals surface area contributed by atoms with Crippen molar-refractivity contribution in [1.29, 1.82) is 0 Å². The van der Waals surface area contributed by atoms with E-state index in [1.807, 2.05) is 19.1 Å². The van der Waals surface area contributed by atoms with Crippen LogP contribution in [0.5, 0.6) is 0 Å². The monoisotopic (exact) mass is 289 g/mol. The zero-order chi connectivity index (χ0) is 15.1. The van der Waals surface area contributed by atoms with Crippen LogP contribution in [0.4, 0.5) is 10.5 Å². The van der Waals surface area contributed by atoms with E-state index in [4.69, 9.17) is 5.11 Å². The number of aliphatic hydroxyl groups is 1. The second-order valence-corrected chi connectivity index (χ2v) is 5.16. The number of amides is 2. The van der Waals surface area contributed by atoms with Gasteiger partial charge in [0.2, 0.25) is 0 Å². The maximum Gasteiger partial charge on any atom is 0.315 e. The maximum absolute atomic E-state index is 11.7. The van der Waals surface area contributed by atoms with Crippen molar-refractivity contribution in [3.05, 3.63) is 42.0 Å². The van der Waals surface area contributed by atoms with E-state index in [1.165, 1.54) is 5.69 Å². The third-order valence-electron chi connectivity index (χ3n) is 3.60. The highest BCUT2D eigenvalue weighted by Gasteiger charge is 2.10. The molecular weight excluding hydrogens is 266 g/mol. The van der Waals surface area contributed by atoms with E-state index in [0.29, 0.717) is 13.0 Å². The number of urea groups is 1. The SMILES string of the molecule is CCC(CO)NC(=O)NCc1cccc(N2CC=CC2)c1. The number of nitrogens with one attached hydrogen (secondary N) is 2. The normalized spacial score (nSPS) is 15.0. The van der Waals surface area contributed by atoms with Gasteiger partial charge in [-0.2, -0.15) is 0 Å². The number of carbonyl (C=O) groups excluding carboxylic acids is 1. The molecule has 0 saturated carbocycles. The summed E-state index contributed by atoms with van der Waals surface area (Å²) in [6.07, 6.45) is 5.01. The van der Waals surface area contributed by atoms with Crippen LogP contribution in [0.25, 0.3) is 0 Å². The van der Waals surface area contributed by atoms with Gasteiger partial charge >= 0.3 is 6.03 Å². The van der Waals surface area contributed by atoms with Crippen LogP contribution < -0.4 is 15.5 Å². The Labute approximate surface area is 125 Å².